The molecule has 1 saturated heterocycles. The molecule has 1 aliphatic heterocycles. The van der Waals surface area contributed by atoms with Crippen LogP contribution in [0.1, 0.15) is 6.92 Å². The molecule has 18 heavy (non-hydrogen) atoms. The summed E-state index contributed by atoms with van der Waals surface area (Å²) in [5.74, 6) is -0.0189. The monoisotopic (exact) mass is 263 g/mol. The van der Waals surface area contributed by atoms with Crippen LogP contribution in [-0.2, 0) is 4.79 Å². The quantitative estimate of drug-likeness (QED) is 0.895. The van der Waals surface area contributed by atoms with E-state index in [0.717, 1.165) is 22.6 Å². The number of nitrogens with zero attached hydrogens (tertiary/aromatic N) is 3. The third kappa shape index (κ3) is 1.73. The van der Waals surface area contributed by atoms with Crippen LogP contribution in [0.25, 0.3) is 10.2 Å². The van der Waals surface area contributed by atoms with Gasteiger partial charge in [0.1, 0.15) is 12.1 Å². The lowest BCUT2D eigenvalue weighted by atomic mass is 9.99. The molecule has 1 fully saturated rings. The van der Waals surface area contributed by atoms with Crippen molar-refractivity contribution >= 4 is 33.3 Å². The minimum absolute atomic E-state index is 0.146. The minimum Gasteiger partial charge on any atom is -0.481 e. The number of carbonyl (C=O) groups is 1. The Balaban J connectivity index is 1.97. The highest BCUT2D eigenvalue weighted by Crippen LogP contribution is 2.33. The van der Waals surface area contributed by atoms with E-state index in [9.17, 15) is 4.79 Å². The van der Waals surface area contributed by atoms with Gasteiger partial charge in [0.15, 0.2) is 0 Å². The first-order valence-electron chi connectivity index (χ1n) is 5.83. The van der Waals surface area contributed by atoms with Crippen LogP contribution in [0.3, 0.4) is 0 Å². The van der Waals surface area contributed by atoms with Crippen LogP contribution in [-0.4, -0.2) is 34.1 Å². The fourth-order valence-corrected chi connectivity index (χ4v) is 3.32. The van der Waals surface area contributed by atoms with Crippen LogP contribution in [0, 0.1) is 11.8 Å². The highest BCUT2D eigenvalue weighted by Gasteiger charge is 2.35. The molecule has 0 saturated carbocycles. The summed E-state index contributed by atoms with van der Waals surface area (Å²) in [6.45, 7) is 3.24. The van der Waals surface area contributed by atoms with E-state index in [-0.39, 0.29) is 11.8 Å². The maximum Gasteiger partial charge on any atom is 0.308 e. The normalized spacial score (nSPS) is 23.7. The average Bonchev–Trinajstić information content (AvgIpc) is 2.94. The summed E-state index contributed by atoms with van der Waals surface area (Å²) in [5.41, 5.74) is 0.927. The summed E-state index contributed by atoms with van der Waals surface area (Å²) in [6.07, 6.45) is 1.54. The number of anilines is 1. The molecule has 6 heteroatoms. The molecule has 0 amide bonds. The van der Waals surface area contributed by atoms with Gasteiger partial charge in [-0.15, -0.1) is 11.3 Å². The molecule has 0 spiro atoms. The predicted octanol–water partition coefficient (Wildman–Crippen LogP) is 1.85. The van der Waals surface area contributed by atoms with Gasteiger partial charge >= 0.3 is 5.97 Å². The summed E-state index contributed by atoms with van der Waals surface area (Å²) in [6, 6.07) is 1.96. The van der Waals surface area contributed by atoms with Crippen molar-refractivity contribution in [1.29, 1.82) is 0 Å². The number of aliphatic carboxylic acids is 1. The number of carboxylic acids is 1. The molecule has 2 atom stereocenters. The van der Waals surface area contributed by atoms with Gasteiger partial charge in [-0.1, -0.05) is 6.92 Å². The summed E-state index contributed by atoms with van der Waals surface area (Å²) in [4.78, 5) is 21.7. The fraction of sp³-hybridized carbons (Fsp3) is 0.417. The van der Waals surface area contributed by atoms with E-state index >= 15 is 0 Å². The topological polar surface area (TPSA) is 66.3 Å². The molecule has 2 aromatic heterocycles. The predicted molar refractivity (Wildman–Crippen MR) is 69.9 cm³/mol. The molecule has 1 N–H and O–H groups in total. The van der Waals surface area contributed by atoms with Crippen molar-refractivity contribution in [2.75, 3.05) is 18.0 Å². The van der Waals surface area contributed by atoms with Gasteiger partial charge in [0, 0.05) is 13.1 Å². The standard InChI is InChI=1S/C12H13N3O2S/c1-7-4-15(5-8(7)12(16)17)11-10-9(2-3-18-10)13-6-14-11/h2-3,6-8H,4-5H2,1H3,(H,16,17). The Morgan fingerprint density at radius 3 is 3.06 bits per heavy atom. The van der Waals surface area contributed by atoms with Gasteiger partial charge in [-0.05, 0) is 17.4 Å². The van der Waals surface area contributed by atoms with Crippen LogP contribution in [0.4, 0.5) is 5.82 Å². The van der Waals surface area contributed by atoms with Gasteiger partial charge in [0.2, 0.25) is 0 Å². The van der Waals surface area contributed by atoms with Gasteiger partial charge in [0.05, 0.1) is 16.1 Å². The summed E-state index contributed by atoms with van der Waals surface area (Å²) in [5, 5.41) is 11.1. The van der Waals surface area contributed by atoms with Crippen molar-refractivity contribution in [1.82, 2.24) is 9.97 Å². The van der Waals surface area contributed by atoms with E-state index < -0.39 is 5.97 Å². The van der Waals surface area contributed by atoms with Gasteiger partial charge in [-0.25, -0.2) is 9.97 Å². The second-order valence-corrected chi connectivity index (χ2v) is 5.58. The zero-order valence-electron chi connectivity index (χ0n) is 9.91. The molecular formula is C12H13N3O2S. The molecule has 2 aromatic rings. The molecule has 3 rings (SSSR count). The van der Waals surface area contributed by atoms with Crippen LogP contribution in [0.5, 0.6) is 0 Å². The Morgan fingerprint density at radius 1 is 1.50 bits per heavy atom. The Bertz CT molecular complexity index is 598. The first-order valence-corrected chi connectivity index (χ1v) is 6.70. The maximum atomic E-state index is 11.1. The summed E-state index contributed by atoms with van der Waals surface area (Å²) < 4.78 is 1.04. The van der Waals surface area contributed by atoms with Crippen LogP contribution >= 0.6 is 11.3 Å². The highest BCUT2D eigenvalue weighted by atomic mass is 32.1. The summed E-state index contributed by atoms with van der Waals surface area (Å²) in [7, 11) is 0. The number of thiophene rings is 1. The molecular weight excluding hydrogens is 250 g/mol. The summed E-state index contributed by atoms with van der Waals surface area (Å²) >= 11 is 1.60. The van der Waals surface area contributed by atoms with E-state index in [2.05, 4.69) is 14.9 Å². The lowest BCUT2D eigenvalue weighted by Crippen LogP contribution is -2.23. The molecule has 0 radical (unpaired) electrons. The number of hydrogen-bond donors (Lipinski definition) is 1. The lowest BCUT2D eigenvalue weighted by Gasteiger charge is -2.17. The fourth-order valence-electron chi connectivity index (χ4n) is 2.46. The number of rotatable bonds is 2. The van der Waals surface area contributed by atoms with E-state index in [4.69, 9.17) is 5.11 Å². The average molecular weight is 263 g/mol. The lowest BCUT2D eigenvalue weighted by molar-refractivity contribution is -0.142. The zero-order valence-corrected chi connectivity index (χ0v) is 10.7. The van der Waals surface area contributed by atoms with Crippen molar-refractivity contribution < 1.29 is 9.90 Å². The molecule has 5 nitrogen and oxygen atoms in total. The second-order valence-electron chi connectivity index (χ2n) is 4.66. The second kappa shape index (κ2) is 4.20. The number of aromatic nitrogens is 2. The molecule has 0 aliphatic carbocycles. The van der Waals surface area contributed by atoms with Crippen LogP contribution < -0.4 is 4.90 Å². The van der Waals surface area contributed by atoms with Gasteiger partial charge in [-0.3, -0.25) is 4.79 Å². The minimum atomic E-state index is -0.721. The first-order chi connectivity index (χ1) is 8.66. The van der Waals surface area contributed by atoms with Crippen molar-refractivity contribution in [2.24, 2.45) is 11.8 Å². The van der Waals surface area contributed by atoms with Crippen LogP contribution in [0.15, 0.2) is 17.8 Å². The number of carboxylic acid groups (broad SMARTS) is 1. The third-order valence-corrected chi connectivity index (χ3v) is 4.35. The van der Waals surface area contributed by atoms with Gasteiger partial charge < -0.3 is 10.0 Å². The molecule has 0 aromatic carbocycles. The Hall–Kier alpha value is -1.69. The molecule has 94 valence electrons. The Kier molecular flexibility index (Phi) is 2.66. The third-order valence-electron chi connectivity index (χ3n) is 3.45. The smallest absolute Gasteiger partial charge is 0.308 e. The van der Waals surface area contributed by atoms with E-state index in [1.165, 1.54) is 0 Å². The Labute approximate surface area is 108 Å². The van der Waals surface area contributed by atoms with Crippen molar-refractivity contribution in [2.45, 2.75) is 6.92 Å². The van der Waals surface area contributed by atoms with E-state index in [1.54, 1.807) is 17.7 Å². The van der Waals surface area contributed by atoms with Crippen molar-refractivity contribution in [3.05, 3.63) is 17.8 Å². The Morgan fingerprint density at radius 2 is 2.33 bits per heavy atom. The first kappa shape index (κ1) is 11.4. The molecule has 1 aliphatic rings. The van der Waals surface area contributed by atoms with Crippen LogP contribution in [0.2, 0.25) is 0 Å². The van der Waals surface area contributed by atoms with Crippen molar-refractivity contribution in [3.63, 3.8) is 0 Å². The molecule has 3 heterocycles. The van der Waals surface area contributed by atoms with Crippen molar-refractivity contribution in [3.8, 4) is 0 Å². The zero-order chi connectivity index (χ0) is 12.7. The van der Waals surface area contributed by atoms with Gasteiger partial charge in [0.25, 0.3) is 0 Å². The number of fused-ring (bicyclic) bond motifs is 1. The van der Waals surface area contributed by atoms with E-state index in [1.807, 2.05) is 18.4 Å². The van der Waals surface area contributed by atoms with Gasteiger partial charge in [-0.2, -0.15) is 0 Å². The SMILES string of the molecule is CC1CN(c2ncnc3ccsc23)CC1C(=O)O. The maximum absolute atomic E-state index is 11.1. The largest absolute Gasteiger partial charge is 0.481 e. The highest BCUT2D eigenvalue weighted by molar-refractivity contribution is 7.17. The molecule has 2 unspecified atom stereocenters. The number of hydrogen-bond acceptors (Lipinski definition) is 5. The molecule has 0 bridgehead atoms. The van der Waals surface area contributed by atoms with E-state index in [0.29, 0.717) is 6.54 Å².